The molecule has 3 aromatic carbocycles. The number of hydrogen-bond donors (Lipinski definition) is 2. The minimum Gasteiger partial charge on any atom is -0.493 e. The highest BCUT2D eigenvalue weighted by atomic mass is 35.5. The smallest absolute Gasteiger partial charge is 0.320 e. The van der Waals surface area contributed by atoms with E-state index in [1.807, 2.05) is 24.3 Å². The number of carbonyl (C=O) groups is 1. The summed E-state index contributed by atoms with van der Waals surface area (Å²) in [6.45, 7) is 4.77. The van der Waals surface area contributed by atoms with Crippen LogP contribution in [0.1, 0.15) is 25.0 Å². The Morgan fingerprint density at radius 2 is 1.65 bits per heavy atom. The van der Waals surface area contributed by atoms with Gasteiger partial charge in [-0.25, -0.2) is 4.98 Å². The van der Waals surface area contributed by atoms with Gasteiger partial charge in [-0.05, 0) is 53.4 Å². The predicted octanol–water partition coefficient (Wildman–Crippen LogP) is 4.62. The number of methoxy groups -OCH3 is 1. The van der Waals surface area contributed by atoms with Gasteiger partial charge >= 0.3 is 6.01 Å². The number of carbonyl (C=O) groups excluding carboxylic acids is 1. The van der Waals surface area contributed by atoms with Crippen LogP contribution in [-0.4, -0.2) is 39.7 Å². The van der Waals surface area contributed by atoms with Gasteiger partial charge in [0.05, 0.1) is 18.7 Å². The number of nitrogens with zero attached hydrogens (tertiary/aromatic N) is 3. The number of rotatable bonds is 9. The van der Waals surface area contributed by atoms with E-state index in [1.165, 1.54) is 7.11 Å². The fourth-order valence-corrected chi connectivity index (χ4v) is 3.91. The van der Waals surface area contributed by atoms with E-state index in [9.17, 15) is 9.90 Å². The number of aromatic nitrogens is 3. The second-order valence-corrected chi connectivity index (χ2v) is 9.24. The topological polar surface area (TPSA) is 120 Å². The van der Waals surface area contributed by atoms with Crippen molar-refractivity contribution in [3.8, 4) is 34.5 Å². The Morgan fingerprint density at radius 1 is 0.973 bits per heavy atom. The Morgan fingerprint density at radius 3 is 2.27 bits per heavy atom. The minimum atomic E-state index is -2.09. The summed E-state index contributed by atoms with van der Waals surface area (Å²) < 4.78 is 11.1. The van der Waals surface area contributed by atoms with Crippen LogP contribution in [0, 0.1) is 5.92 Å². The van der Waals surface area contributed by atoms with E-state index in [1.54, 1.807) is 48.5 Å². The molecule has 3 N–H and O–H groups in total. The molecule has 0 aliphatic heterocycles. The van der Waals surface area contributed by atoms with Crippen LogP contribution >= 0.6 is 11.6 Å². The predicted molar refractivity (Wildman–Crippen MR) is 141 cm³/mol. The molecule has 1 unspecified atom stereocenters. The van der Waals surface area contributed by atoms with Crippen molar-refractivity contribution in [3.05, 3.63) is 88.9 Å². The lowest BCUT2D eigenvalue weighted by molar-refractivity contribution is -0.133. The standard InChI is InChI=1S/C28H27ClN4O4/c1-17(2)16-37-21-12-9-18(10-13-21)24-31-25(33-27(32-24)36-3)22-15-20(11-14-23(22)29)28(35,26(30)34)19-7-5-4-6-8-19/h4-15,17,35H,16H2,1-3H3,(H2,30,34). The summed E-state index contributed by atoms with van der Waals surface area (Å²) in [5, 5.41) is 11.7. The molecule has 9 heteroatoms. The van der Waals surface area contributed by atoms with Crippen LogP contribution in [0.3, 0.4) is 0 Å². The van der Waals surface area contributed by atoms with E-state index in [0.717, 1.165) is 5.75 Å². The van der Waals surface area contributed by atoms with Crippen LogP contribution in [0.5, 0.6) is 11.8 Å². The maximum atomic E-state index is 12.5. The molecule has 0 radical (unpaired) electrons. The van der Waals surface area contributed by atoms with Crippen molar-refractivity contribution in [3.63, 3.8) is 0 Å². The first-order chi connectivity index (χ1) is 17.7. The number of nitrogens with two attached hydrogens (primary N) is 1. The van der Waals surface area contributed by atoms with Gasteiger partial charge in [0.2, 0.25) is 0 Å². The second-order valence-electron chi connectivity index (χ2n) is 8.83. The van der Waals surface area contributed by atoms with E-state index < -0.39 is 11.5 Å². The van der Waals surface area contributed by atoms with E-state index in [0.29, 0.717) is 40.1 Å². The number of benzene rings is 3. The number of aliphatic hydroxyl groups is 1. The van der Waals surface area contributed by atoms with Gasteiger partial charge < -0.3 is 20.3 Å². The molecule has 0 aliphatic rings. The average molecular weight is 519 g/mol. The maximum Gasteiger partial charge on any atom is 0.320 e. The first-order valence-electron chi connectivity index (χ1n) is 11.6. The highest BCUT2D eigenvalue weighted by Crippen LogP contribution is 2.35. The summed E-state index contributed by atoms with van der Waals surface area (Å²) in [6, 6.07) is 20.5. The Hall–Kier alpha value is -4.01. The first-order valence-corrected chi connectivity index (χ1v) is 12.0. The summed E-state index contributed by atoms with van der Waals surface area (Å²) in [7, 11) is 1.45. The number of ether oxygens (including phenoxy) is 2. The summed E-state index contributed by atoms with van der Waals surface area (Å²) >= 11 is 6.53. The Bertz CT molecular complexity index is 1400. The fourth-order valence-electron chi connectivity index (χ4n) is 3.71. The van der Waals surface area contributed by atoms with Crippen molar-refractivity contribution in [1.29, 1.82) is 0 Å². The van der Waals surface area contributed by atoms with Crippen molar-refractivity contribution in [2.75, 3.05) is 13.7 Å². The highest BCUT2D eigenvalue weighted by Gasteiger charge is 2.38. The van der Waals surface area contributed by atoms with Crippen molar-refractivity contribution in [1.82, 2.24) is 15.0 Å². The zero-order valence-electron chi connectivity index (χ0n) is 20.7. The van der Waals surface area contributed by atoms with Crippen molar-refractivity contribution >= 4 is 17.5 Å². The lowest BCUT2D eigenvalue weighted by atomic mass is 9.85. The van der Waals surface area contributed by atoms with Crippen LogP contribution in [0.15, 0.2) is 72.8 Å². The third kappa shape index (κ3) is 5.55. The van der Waals surface area contributed by atoms with Gasteiger partial charge in [-0.1, -0.05) is 61.8 Å². The lowest BCUT2D eigenvalue weighted by Gasteiger charge is -2.26. The molecule has 1 atom stereocenters. The third-order valence-corrected chi connectivity index (χ3v) is 6.00. The zero-order chi connectivity index (χ0) is 26.6. The van der Waals surface area contributed by atoms with Gasteiger partial charge in [0, 0.05) is 11.1 Å². The number of halogens is 1. The molecular weight excluding hydrogens is 492 g/mol. The normalized spacial score (nSPS) is 12.7. The molecule has 0 saturated heterocycles. The monoisotopic (exact) mass is 518 g/mol. The lowest BCUT2D eigenvalue weighted by Crippen LogP contribution is -2.42. The number of primary amides is 1. The molecule has 0 aliphatic carbocycles. The molecule has 1 heterocycles. The van der Waals surface area contributed by atoms with Crippen LogP contribution < -0.4 is 15.2 Å². The van der Waals surface area contributed by atoms with E-state index >= 15 is 0 Å². The van der Waals surface area contributed by atoms with Crippen LogP contribution in [-0.2, 0) is 10.4 Å². The first kappa shape index (κ1) is 26.1. The highest BCUT2D eigenvalue weighted by molar-refractivity contribution is 6.33. The Balaban J connectivity index is 1.78. The van der Waals surface area contributed by atoms with Gasteiger partial charge in [0.15, 0.2) is 17.2 Å². The molecule has 8 nitrogen and oxygen atoms in total. The fraction of sp³-hybridized carbons (Fsp3) is 0.214. The molecule has 1 aromatic heterocycles. The van der Waals surface area contributed by atoms with Crippen molar-refractivity contribution < 1.29 is 19.4 Å². The molecule has 37 heavy (non-hydrogen) atoms. The van der Waals surface area contributed by atoms with E-state index in [4.69, 9.17) is 26.8 Å². The van der Waals surface area contributed by atoms with Gasteiger partial charge in [0.25, 0.3) is 5.91 Å². The third-order valence-electron chi connectivity index (χ3n) is 5.67. The van der Waals surface area contributed by atoms with Crippen LogP contribution in [0.25, 0.3) is 22.8 Å². The van der Waals surface area contributed by atoms with Crippen LogP contribution in [0.2, 0.25) is 5.02 Å². The second kappa shape index (κ2) is 10.9. The zero-order valence-corrected chi connectivity index (χ0v) is 21.4. The summed E-state index contributed by atoms with van der Waals surface area (Å²) in [4.78, 5) is 25.8. The van der Waals surface area contributed by atoms with Crippen molar-refractivity contribution in [2.24, 2.45) is 11.7 Å². The molecule has 1 amide bonds. The Labute approximate surface area is 220 Å². The van der Waals surface area contributed by atoms with Crippen LogP contribution in [0.4, 0.5) is 0 Å². The van der Waals surface area contributed by atoms with Gasteiger partial charge in [-0.15, -0.1) is 0 Å². The molecular formula is C28H27ClN4O4. The summed E-state index contributed by atoms with van der Waals surface area (Å²) in [6.07, 6.45) is 0. The molecule has 0 fully saturated rings. The molecule has 190 valence electrons. The molecule has 4 aromatic rings. The number of amides is 1. The molecule has 0 spiro atoms. The molecule has 0 saturated carbocycles. The number of hydrogen-bond acceptors (Lipinski definition) is 7. The average Bonchev–Trinajstić information content (AvgIpc) is 2.92. The van der Waals surface area contributed by atoms with Gasteiger partial charge in [-0.2, -0.15) is 9.97 Å². The van der Waals surface area contributed by atoms with E-state index in [-0.39, 0.29) is 17.4 Å². The SMILES string of the molecule is COc1nc(-c2ccc(OCC(C)C)cc2)nc(-c2cc(C(O)(C(N)=O)c3ccccc3)ccc2Cl)n1. The van der Waals surface area contributed by atoms with E-state index in [2.05, 4.69) is 28.8 Å². The van der Waals surface area contributed by atoms with Gasteiger partial charge in [-0.3, -0.25) is 4.79 Å². The molecule has 4 rings (SSSR count). The minimum absolute atomic E-state index is 0.0785. The summed E-state index contributed by atoms with van der Waals surface area (Å²) in [5.41, 5.74) is 5.20. The summed E-state index contributed by atoms with van der Waals surface area (Å²) in [5.74, 6) is 0.770. The molecule has 0 bridgehead atoms. The van der Waals surface area contributed by atoms with Gasteiger partial charge in [0.1, 0.15) is 5.75 Å². The Kier molecular flexibility index (Phi) is 7.71. The van der Waals surface area contributed by atoms with Crippen molar-refractivity contribution in [2.45, 2.75) is 19.4 Å². The maximum absolute atomic E-state index is 12.5. The largest absolute Gasteiger partial charge is 0.493 e. The quantitative estimate of drug-likeness (QED) is 0.331.